The highest BCUT2D eigenvalue weighted by Crippen LogP contribution is 2.44. The van der Waals surface area contributed by atoms with Gasteiger partial charge in [-0.1, -0.05) is 12.1 Å². The minimum Gasteiger partial charge on any atom is -0.481 e. The van der Waals surface area contributed by atoms with E-state index in [1.54, 1.807) is 6.92 Å². The number of hydrogen-bond acceptors (Lipinski definition) is 3. The summed E-state index contributed by atoms with van der Waals surface area (Å²) in [7, 11) is 0. The average molecular weight is 263 g/mol. The van der Waals surface area contributed by atoms with Crippen LogP contribution in [-0.2, 0) is 4.79 Å². The molecule has 1 amide bonds. The van der Waals surface area contributed by atoms with Crippen LogP contribution in [0.4, 0.5) is 0 Å². The van der Waals surface area contributed by atoms with Gasteiger partial charge in [-0.05, 0) is 44.4 Å². The lowest BCUT2D eigenvalue weighted by Gasteiger charge is -2.17. The second-order valence-electron chi connectivity index (χ2n) is 5.45. The van der Waals surface area contributed by atoms with Crippen molar-refractivity contribution in [3.05, 3.63) is 29.8 Å². The van der Waals surface area contributed by atoms with Crippen LogP contribution in [0.5, 0.6) is 5.75 Å². The maximum absolute atomic E-state index is 11.9. The second-order valence-corrected chi connectivity index (χ2v) is 5.45. The third-order valence-corrected chi connectivity index (χ3v) is 3.60. The third-order valence-electron chi connectivity index (χ3n) is 3.60. The van der Waals surface area contributed by atoms with Crippen LogP contribution in [0.15, 0.2) is 24.3 Å². The van der Waals surface area contributed by atoms with Crippen LogP contribution in [0, 0.1) is 12.3 Å². The quantitative estimate of drug-likeness (QED) is 0.820. The molecule has 0 aliphatic heterocycles. The van der Waals surface area contributed by atoms with Gasteiger partial charge in [-0.3, -0.25) is 4.79 Å². The van der Waals surface area contributed by atoms with Crippen molar-refractivity contribution in [2.24, 2.45) is 5.41 Å². The highest BCUT2D eigenvalue weighted by molar-refractivity contribution is 5.80. The first-order valence-corrected chi connectivity index (χ1v) is 6.67. The molecule has 1 saturated carbocycles. The zero-order valence-corrected chi connectivity index (χ0v) is 11.5. The number of carbonyl (C=O) groups excluding carboxylic acids is 1. The largest absolute Gasteiger partial charge is 0.481 e. The first-order chi connectivity index (χ1) is 9.04. The molecular formula is C15H21NO3. The Morgan fingerprint density at radius 2 is 2.26 bits per heavy atom. The van der Waals surface area contributed by atoms with Crippen LogP contribution >= 0.6 is 0 Å². The van der Waals surface area contributed by atoms with Gasteiger partial charge in [0, 0.05) is 12.0 Å². The fourth-order valence-corrected chi connectivity index (χ4v) is 1.93. The van der Waals surface area contributed by atoms with E-state index in [4.69, 9.17) is 4.74 Å². The van der Waals surface area contributed by atoms with Gasteiger partial charge in [0.2, 0.25) is 0 Å². The van der Waals surface area contributed by atoms with Crippen LogP contribution in [-0.4, -0.2) is 30.3 Å². The lowest BCUT2D eigenvalue weighted by Crippen LogP contribution is -2.40. The molecule has 0 spiro atoms. The number of aliphatic hydroxyl groups is 1. The molecule has 4 heteroatoms. The first-order valence-electron chi connectivity index (χ1n) is 6.67. The number of hydrogen-bond donors (Lipinski definition) is 2. The molecule has 1 aliphatic rings. The topological polar surface area (TPSA) is 58.6 Å². The maximum atomic E-state index is 11.9. The molecule has 1 aliphatic carbocycles. The molecule has 0 aromatic heterocycles. The zero-order chi connectivity index (χ0) is 13.9. The minimum atomic E-state index is -0.531. The van der Waals surface area contributed by atoms with Gasteiger partial charge < -0.3 is 15.2 Å². The van der Waals surface area contributed by atoms with Gasteiger partial charge in [-0.2, -0.15) is 0 Å². The normalized spacial score (nSPS) is 17.6. The van der Waals surface area contributed by atoms with E-state index in [1.165, 1.54) is 0 Å². The summed E-state index contributed by atoms with van der Waals surface area (Å²) in [5.74, 6) is 0.562. The summed E-state index contributed by atoms with van der Waals surface area (Å²) in [5.41, 5.74) is 1.03. The SMILES string of the molecule is Cc1cccc(OC(C)C(=O)NCC2(CO)CC2)c1. The third kappa shape index (κ3) is 3.70. The summed E-state index contributed by atoms with van der Waals surface area (Å²) in [5, 5.41) is 12.0. The van der Waals surface area contributed by atoms with Gasteiger partial charge in [-0.15, -0.1) is 0 Å². The Morgan fingerprint density at radius 1 is 1.53 bits per heavy atom. The minimum absolute atomic E-state index is 0.0707. The summed E-state index contributed by atoms with van der Waals surface area (Å²) in [6.45, 7) is 4.39. The monoisotopic (exact) mass is 263 g/mol. The molecule has 104 valence electrons. The number of amides is 1. The number of carbonyl (C=O) groups is 1. The molecule has 1 fully saturated rings. The number of benzene rings is 1. The molecule has 19 heavy (non-hydrogen) atoms. The van der Waals surface area contributed by atoms with Crippen LogP contribution < -0.4 is 10.1 Å². The van der Waals surface area contributed by atoms with Crippen molar-refractivity contribution in [3.63, 3.8) is 0 Å². The summed E-state index contributed by atoms with van der Waals surface area (Å²) < 4.78 is 5.60. The molecule has 0 radical (unpaired) electrons. The van der Waals surface area contributed by atoms with E-state index < -0.39 is 6.10 Å². The molecule has 4 nitrogen and oxygen atoms in total. The summed E-state index contributed by atoms with van der Waals surface area (Å²) in [6, 6.07) is 7.63. The van der Waals surface area contributed by atoms with E-state index in [1.807, 2.05) is 31.2 Å². The molecule has 0 bridgehead atoms. The van der Waals surface area contributed by atoms with Crippen LogP contribution in [0.1, 0.15) is 25.3 Å². The number of aliphatic hydroxyl groups excluding tert-OH is 1. The smallest absolute Gasteiger partial charge is 0.260 e. The van der Waals surface area contributed by atoms with Crippen LogP contribution in [0.3, 0.4) is 0 Å². The fourth-order valence-electron chi connectivity index (χ4n) is 1.93. The summed E-state index contributed by atoms with van der Waals surface area (Å²) in [6.07, 6.45) is 1.43. The molecular weight excluding hydrogens is 242 g/mol. The average Bonchev–Trinajstić information content (AvgIpc) is 3.16. The van der Waals surface area contributed by atoms with Gasteiger partial charge in [0.1, 0.15) is 5.75 Å². The highest BCUT2D eigenvalue weighted by atomic mass is 16.5. The number of aryl methyl sites for hydroxylation is 1. The molecule has 0 heterocycles. The van der Waals surface area contributed by atoms with Crippen molar-refractivity contribution in [3.8, 4) is 5.75 Å². The predicted molar refractivity (Wildman–Crippen MR) is 73.0 cm³/mol. The fraction of sp³-hybridized carbons (Fsp3) is 0.533. The van der Waals surface area contributed by atoms with E-state index in [2.05, 4.69) is 5.32 Å². The van der Waals surface area contributed by atoms with Crippen molar-refractivity contribution in [1.82, 2.24) is 5.32 Å². The number of rotatable bonds is 6. The summed E-state index contributed by atoms with van der Waals surface area (Å²) >= 11 is 0. The highest BCUT2D eigenvalue weighted by Gasteiger charge is 2.42. The van der Waals surface area contributed by atoms with E-state index in [-0.39, 0.29) is 17.9 Å². The first kappa shape index (κ1) is 13.9. The molecule has 1 aromatic rings. The number of nitrogens with one attached hydrogen (secondary N) is 1. The van der Waals surface area contributed by atoms with Crippen molar-refractivity contribution in [2.75, 3.05) is 13.2 Å². The van der Waals surface area contributed by atoms with Crippen molar-refractivity contribution in [2.45, 2.75) is 32.8 Å². The Bertz CT molecular complexity index is 454. The van der Waals surface area contributed by atoms with Crippen LogP contribution in [0.25, 0.3) is 0 Å². The van der Waals surface area contributed by atoms with Gasteiger partial charge in [0.15, 0.2) is 6.10 Å². The molecule has 0 saturated heterocycles. The Labute approximate surface area is 113 Å². The Morgan fingerprint density at radius 3 is 2.84 bits per heavy atom. The molecule has 1 unspecified atom stereocenters. The summed E-state index contributed by atoms with van der Waals surface area (Å²) in [4.78, 5) is 11.9. The zero-order valence-electron chi connectivity index (χ0n) is 11.5. The second kappa shape index (κ2) is 5.61. The van der Waals surface area contributed by atoms with Crippen molar-refractivity contribution in [1.29, 1.82) is 0 Å². The van der Waals surface area contributed by atoms with Gasteiger partial charge in [0.05, 0.1) is 6.61 Å². The van der Waals surface area contributed by atoms with E-state index in [9.17, 15) is 9.90 Å². The standard InChI is InChI=1S/C15H21NO3/c1-11-4-3-5-13(8-11)19-12(2)14(18)16-9-15(10-17)6-7-15/h3-5,8,12,17H,6-7,9-10H2,1-2H3,(H,16,18). The lowest BCUT2D eigenvalue weighted by molar-refractivity contribution is -0.127. The van der Waals surface area contributed by atoms with Crippen LogP contribution in [0.2, 0.25) is 0 Å². The Hall–Kier alpha value is -1.55. The molecule has 2 N–H and O–H groups in total. The molecule has 1 atom stereocenters. The van der Waals surface area contributed by atoms with E-state index in [0.717, 1.165) is 18.4 Å². The maximum Gasteiger partial charge on any atom is 0.260 e. The van der Waals surface area contributed by atoms with Gasteiger partial charge >= 0.3 is 0 Å². The van der Waals surface area contributed by atoms with Gasteiger partial charge in [-0.25, -0.2) is 0 Å². The molecule has 1 aromatic carbocycles. The lowest BCUT2D eigenvalue weighted by atomic mass is 10.1. The van der Waals surface area contributed by atoms with E-state index >= 15 is 0 Å². The Balaban J connectivity index is 1.82. The molecule has 2 rings (SSSR count). The predicted octanol–water partition coefficient (Wildman–Crippen LogP) is 1.65. The van der Waals surface area contributed by atoms with Crippen molar-refractivity contribution < 1.29 is 14.6 Å². The van der Waals surface area contributed by atoms with Gasteiger partial charge in [0.25, 0.3) is 5.91 Å². The Kier molecular flexibility index (Phi) is 4.10. The van der Waals surface area contributed by atoms with Crippen molar-refractivity contribution >= 4 is 5.91 Å². The van der Waals surface area contributed by atoms with E-state index in [0.29, 0.717) is 12.3 Å². The number of ether oxygens (including phenoxy) is 1.